The molecule has 1 amide bonds. The Balaban J connectivity index is 1.84. The Morgan fingerprint density at radius 2 is 2.04 bits per heavy atom. The van der Waals surface area contributed by atoms with Crippen LogP contribution in [-0.2, 0) is 11.3 Å². The van der Waals surface area contributed by atoms with Crippen molar-refractivity contribution in [1.82, 2.24) is 9.55 Å². The lowest BCUT2D eigenvalue weighted by Crippen LogP contribution is -2.28. The molecule has 3 rings (SSSR count). The summed E-state index contributed by atoms with van der Waals surface area (Å²) in [6.45, 7) is -0.247. The van der Waals surface area contributed by atoms with E-state index in [4.69, 9.17) is 11.6 Å². The lowest BCUT2D eigenvalue weighted by atomic mass is 10.2. The maximum atomic E-state index is 13.2. The maximum Gasteiger partial charge on any atom is 0.261 e. The van der Waals surface area contributed by atoms with Crippen LogP contribution < -0.4 is 10.9 Å². The summed E-state index contributed by atoms with van der Waals surface area (Å²) in [5, 5.41) is 3.11. The first-order valence-corrected chi connectivity index (χ1v) is 7.11. The van der Waals surface area contributed by atoms with Crippen molar-refractivity contribution in [3.63, 3.8) is 0 Å². The van der Waals surface area contributed by atoms with Crippen molar-refractivity contribution in [2.75, 3.05) is 5.32 Å². The van der Waals surface area contributed by atoms with Gasteiger partial charge in [0.1, 0.15) is 12.4 Å². The van der Waals surface area contributed by atoms with Crippen LogP contribution in [0.4, 0.5) is 10.1 Å². The molecule has 1 heterocycles. The molecule has 0 spiro atoms. The van der Waals surface area contributed by atoms with E-state index in [-0.39, 0.29) is 22.8 Å². The Hall–Kier alpha value is -2.73. The summed E-state index contributed by atoms with van der Waals surface area (Å²) < 4.78 is 14.4. The van der Waals surface area contributed by atoms with Crippen LogP contribution in [0.3, 0.4) is 0 Å². The molecule has 5 nitrogen and oxygen atoms in total. The summed E-state index contributed by atoms with van der Waals surface area (Å²) >= 11 is 5.89. The first-order valence-electron chi connectivity index (χ1n) is 6.73. The number of carbonyl (C=O) groups excluding carboxylic acids is 1. The summed E-state index contributed by atoms with van der Waals surface area (Å²) in [7, 11) is 0. The smallest absolute Gasteiger partial charge is 0.261 e. The SMILES string of the molecule is O=C(Cn1cnc2ccccc2c1=O)Nc1cc(F)ccc1Cl. The predicted molar refractivity (Wildman–Crippen MR) is 86.0 cm³/mol. The second kappa shape index (κ2) is 6.18. The first-order chi connectivity index (χ1) is 11.0. The molecule has 0 aliphatic rings. The highest BCUT2D eigenvalue weighted by Gasteiger charge is 2.10. The number of nitrogens with one attached hydrogen (secondary N) is 1. The number of hydrogen-bond donors (Lipinski definition) is 1. The molecule has 3 aromatic rings. The maximum absolute atomic E-state index is 13.2. The van der Waals surface area contributed by atoms with E-state index in [0.717, 1.165) is 6.07 Å². The first kappa shape index (κ1) is 15.2. The second-order valence-corrected chi connectivity index (χ2v) is 5.27. The van der Waals surface area contributed by atoms with Crippen molar-refractivity contribution >= 4 is 34.1 Å². The Morgan fingerprint density at radius 1 is 1.26 bits per heavy atom. The number of para-hydroxylation sites is 1. The molecule has 0 atom stereocenters. The van der Waals surface area contributed by atoms with Gasteiger partial charge in [0.25, 0.3) is 5.56 Å². The number of amides is 1. The average molecular weight is 332 g/mol. The van der Waals surface area contributed by atoms with Crippen LogP contribution in [0.2, 0.25) is 5.02 Å². The van der Waals surface area contributed by atoms with Gasteiger partial charge >= 0.3 is 0 Å². The molecule has 0 saturated carbocycles. The number of halogens is 2. The summed E-state index contributed by atoms with van der Waals surface area (Å²) in [5.74, 6) is -1.02. The fraction of sp³-hybridized carbons (Fsp3) is 0.0625. The van der Waals surface area contributed by atoms with Gasteiger partial charge in [0.15, 0.2) is 0 Å². The van der Waals surface area contributed by atoms with Crippen molar-refractivity contribution < 1.29 is 9.18 Å². The zero-order valence-corrected chi connectivity index (χ0v) is 12.5. The fourth-order valence-electron chi connectivity index (χ4n) is 2.16. The highest BCUT2D eigenvalue weighted by Crippen LogP contribution is 2.22. The molecule has 0 saturated heterocycles. The Morgan fingerprint density at radius 3 is 2.87 bits per heavy atom. The minimum Gasteiger partial charge on any atom is -0.323 e. The monoisotopic (exact) mass is 331 g/mol. The molecule has 0 unspecified atom stereocenters. The highest BCUT2D eigenvalue weighted by molar-refractivity contribution is 6.33. The zero-order chi connectivity index (χ0) is 16.4. The number of nitrogens with zero attached hydrogens (tertiary/aromatic N) is 2. The largest absolute Gasteiger partial charge is 0.323 e. The zero-order valence-electron chi connectivity index (χ0n) is 11.8. The van der Waals surface area contributed by atoms with Gasteiger partial charge in [0, 0.05) is 0 Å². The van der Waals surface area contributed by atoms with E-state index in [2.05, 4.69) is 10.3 Å². The van der Waals surface area contributed by atoms with E-state index in [0.29, 0.717) is 10.9 Å². The van der Waals surface area contributed by atoms with E-state index >= 15 is 0 Å². The van der Waals surface area contributed by atoms with Gasteiger partial charge in [-0.25, -0.2) is 9.37 Å². The summed E-state index contributed by atoms with van der Waals surface area (Å²) in [5.41, 5.74) is 0.386. The minimum absolute atomic E-state index is 0.151. The number of rotatable bonds is 3. The molecule has 0 fully saturated rings. The molecule has 23 heavy (non-hydrogen) atoms. The Kier molecular flexibility index (Phi) is 4.08. The topological polar surface area (TPSA) is 64.0 Å². The number of anilines is 1. The molecule has 2 aromatic carbocycles. The lowest BCUT2D eigenvalue weighted by molar-refractivity contribution is -0.116. The Bertz CT molecular complexity index is 955. The number of aromatic nitrogens is 2. The number of hydrogen-bond acceptors (Lipinski definition) is 3. The molecule has 0 radical (unpaired) electrons. The standard InChI is InChI=1S/C16H11ClFN3O2/c17-12-6-5-10(18)7-14(12)20-15(22)8-21-9-19-13-4-2-1-3-11(13)16(21)23/h1-7,9H,8H2,(H,20,22). The van der Waals surface area contributed by atoms with Gasteiger partial charge < -0.3 is 5.32 Å². The molecule has 116 valence electrons. The third-order valence-electron chi connectivity index (χ3n) is 3.25. The Labute approximate surface area is 135 Å². The van der Waals surface area contributed by atoms with E-state index < -0.39 is 11.7 Å². The summed E-state index contributed by atoms with van der Waals surface area (Å²) in [6, 6.07) is 10.5. The van der Waals surface area contributed by atoms with Gasteiger partial charge in [0.2, 0.25) is 5.91 Å². The quantitative estimate of drug-likeness (QED) is 0.802. The van der Waals surface area contributed by atoms with Crippen LogP contribution in [0.1, 0.15) is 0 Å². The third kappa shape index (κ3) is 3.22. The molecule has 0 aliphatic carbocycles. The average Bonchev–Trinajstić information content (AvgIpc) is 2.54. The van der Waals surface area contributed by atoms with E-state index in [1.165, 1.54) is 23.0 Å². The van der Waals surface area contributed by atoms with Gasteiger partial charge in [0.05, 0.1) is 27.9 Å². The second-order valence-electron chi connectivity index (χ2n) is 4.87. The predicted octanol–water partition coefficient (Wildman–Crippen LogP) is 2.83. The highest BCUT2D eigenvalue weighted by atomic mass is 35.5. The van der Waals surface area contributed by atoms with Gasteiger partial charge in [-0.15, -0.1) is 0 Å². The normalized spacial score (nSPS) is 10.7. The van der Waals surface area contributed by atoms with Gasteiger partial charge in [-0.2, -0.15) is 0 Å². The van der Waals surface area contributed by atoms with Crippen LogP contribution in [0, 0.1) is 5.82 Å². The van der Waals surface area contributed by atoms with Crippen molar-refractivity contribution in [1.29, 1.82) is 0 Å². The van der Waals surface area contributed by atoms with Crippen LogP contribution in [0.5, 0.6) is 0 Å². The molecular weight excluding hydrogens is 321 g/mol. The van der Waals surface area contributed by atoms with Crippen LogP contribution >= 0.6 is 11.6 Å². The molecule has 1 N–H and O–H groups in total. The van der Waals surface area contributed by atoms with E-state index in [1.807, 2.05) is 0 Å². The van der Waals surface area contributed by atoms with Crippen LogP contribution in [-0.4, -0.2) is 15.5 Å². The van der Waals surface area contributed by atoms with Gasteiger partial charge in [-0.05, 0) is 30.3 Å². The summed E-state index contributed by atoms with van der Waals surface area (Å²) in [6.07, 6.45) is 1.30. The van der Waals surface area contributed by atoms with Gasteiger partial charge in [-0.1, -0.05) is 23.7 Å². The van der Waals surface area contributed by atoms with Crippen molar-refractivity contribution in [2.45, 2.75) is 6.54 Å². The molecule has 0 aliphatic heterocycles. The fourth-order valence-corrected chi connectivity index (χ4v) is 2.32. The van der Waals surface area contributed by atoms with Crippen LogP contribution in [0.15, 0.2) is 53.6 Å². The number of fused-ring (bicyclic) bond motifs is 1. The molecule has 7 heteroatoms. The third-order valence-corrected chi connectivity index (χ3v) is 3.58. The van der Waals surface area contributed by atoms with E-state index in [1.54, 1.807) is 24.3 Å². The number of carbonyl (C=O) groups is 1. The van der Waals surface area contributed by atoms with Gasteiger partial charge in [-0.3, -0.25) is 14.2 Å². The molecule has 1 aromatic heterocycles. The van der Waals surface area contributed by atoms with Crippen molar-refractivity contribution in [3.05, 3.63) is 70.0 Å². The van der Waals surface area contributed by atoms with Crippen molar-refractivity contribution in [3.8, 4) is 0 Å². The summed E-state index contributed by atoms with van der Waals surface area (Å²) in [4.78, 5) is 28.5. The van der Waals surface area contributed by atoms with Crippen LogP contribution in [0.25, 0.3) is 10.9 Å². The van der Waals surface area contributed by atoms with E-state index in [9.17, 15) is 14.0 Å². The lowest BCUT2D eigenvalue weighted by Gasteiger charge is -2.09. The number of benzene rings is 2. The minimum atomic E-state index is -0.519. The molecule has 0 bridgehead atoms. The van der Waals surface area contributed by atoms with Crippen molar-refractivity contribution in [2.24, 2.45) is 0 Å². The molecular formula is C16H11ClFN3O2.